The van der Waals surface area contributed by atoms with E-state index < -0.39 is 16.6 Å². The Bertz CT molecular complexity index is 869. The molecule has 32 heavy (non-hydrogen) atoms. The van der Waals surface area contributed by atoms with Crippen LogP contribution >= 0.6 is 0 Å². The van der Waals surface area contributed by atoms with Crippen LogP contribution in [0.1, 0.15) is 60.5 Å². The molecule has 6 nitrogen and oxygen atoms in total. The first-order chi connectivity index (χ1) is 14.4. The van der Waals surface area contributed by atoms with Gasteiger partial charge in [0.2, 0.25) is 0 Å². The average Bonchev–Trinajstić information content (AvgIpc) is 2.62. The van der Waals surface area contributed by atoms with Crippen LogP contribution in [0.5, 0.6) is 0 Å². The summed E-state index contributed by atoms with van der Waals surface area (Å²) in [5.41, 5.74) is 1.62. The minimum Gasteiger partial charge on any atom is -0.411 e. The van der Waals surface area contributed by atoms with Crippen LogP contribution in [0.2, 0.25) is 36.3 Å². The Morgan fingerprint density at radius 3 is 2.06 bits per heavy atom. The Labute approximate surface area is 196 Å². The highest BCUT2D eigenvalue weighted by atomic mass is 28.4. The van der Waals surface area contributed by atoms with Gasteiger partial charge in [-0.05, 0) is 60.2 Å². The lowest BCUT2D eigenvalue weighted by molar-refractivity contribution is -0.385. The molecule has 3 atom stereocenters. The van der Waals surface area contributed by atoms with Crippen LogP contribution in [-0.4, -0.2) is 38.8 Å². The predicted molar refractivity (Wildman–Crippen MR) is 137 cm³/mol. The second kappa shape index (κ2) is 9.12. The summed E-state index contributed by atoms with van der Waals surface area (Å²) in [6, 6.07) is 1.75. The number of pyridine rings is 1. The van der Waals surface area contributed by atoms with E-state index in [1.165, 1.54) is 6.20 Å². The van der Waals surface area contributed by atoms with Gasteiger partial charge in [-0.2, -0.15) is 0 Å². The van der Waals surface area contributed by atoms with Crippen molar-refractivity contribution >= 4 is 27.9 Å². The summed E-state index contributed by atoms with van der Waals surface area (Å²) in [4.78, 5) is 15.3. The fraction of sp³-hybridized carbons (Fsp3) is 0.708. The SMILES string of the molecule is C[C@H]1CC(c2ccncc2[N+](=O)[O-])=C[C@@H](O[Si](C)(C)C(C)(C)C)[C@@H]1O[Si](C)(C)C(C)(C)C. The normalized spacial score (nSPS) is 23.1. The fourth-order valence-corrected chi connectivity index (χ4v) is 6.11. The van der Waals surface area contributed by atoms with Crippen molar-refractivity contribution in [3.05, 3.63) is 40.2 Å². The van der Waals surface area contributed by atoms with Crippen molar-refractivity contribution in [1.29, 1.82) is 0 Å². The highest BCUT2D eigenvalue weighted by molar-refractivity contribution is 6.74. The quantitative estimate of drug-likeness (QED) is 0.246. The molecule has 0 aliphatic heterocycles. The van der Waals surface area contributed by atoms with E-state index in [4.69, 9.17) is 8.85 Å². The summed E-state index contributed by atoms with van der Waals surface area (Å²) in [7, 11) is -4.15. The molecular formula is C24H42N2O4Si2. The van der Waals surface area contributed by atoms with E-state index >= 15 is 0 Å². The van der Waals surface area contributed by atoms with Crippen LogP contribution in [0, 0.1) is 16.0 Å². The maximum absolute atomic E-state index is 11.6. The van der Waals surface area contributed by atoms with Gasteiger partial charge in [-0.15, -0.1) is 0 Å². The molecule has 0 unspecified atom stereocenters. The molecule has 0 aromatic carbocycles. The first kappa shape index (κ1) is 26.9. The lowest BCUT2D eigenvalue weighted by Gasteiger charge is -2.47. The predicted octanol–water partition coefficient (Wildman–Crippen LogP) is 7.19. The minimum atomic E-state index is -2.11. The van der Waals surface area contributed by atoms with Gasteiger partial charge in [0.1, 0.15) is 6.20 Å². The van der Waals surface area contributed by atoms with E-state index in [1.54, 1.807) is 12.3 Å². The van der Waals surface area contributed by atoms with E-state index in [-0.39, 0.29) is 38.8 Å². The first-order valence-electron chi connectivity index (χ1n) is 11.5. The van der Waals surface area contributed by atoms with Crippen molar-refractivity contribution in [1.82, 2.24) is 4.98 Å². The molecule has 0 saturated heterocycles. The zero-order chi connectivity index (χ0) is 24.7. The molecule has 0 N–H and O–H groups in total. The monoisotopic (exact) mass is 478 g/mol. The minimum absolute atomic E-state index is 0.0424. The molecule has 180 valence electrons. The van der Waals surface area contributed by atoms with Crippen LogP contribution in [0.3, 0.4) is 0 Å². The Morgan fingerprint density at radius 1 is 1.03 bits per heavy atom. The molecule has 1 heterocycles. The molecule has 8 heteroatoms. The van der Waals surface area contributed by atoms with E-state index in [1.807, 2.05) is 0 Å². The summed E-state index contributed by atoms with van der Waals surface area (Å²) in [5.74, 6) is 0.173. The molecule has 0 saturated carbocycles. The van der Waals surface area contributed by atoms with Gasteiger partial charge < -0.3 is 8.85 Å². The maximum Gasteiger partial charge on any atom is 0.294 e. The van der Waals surface area contributed by atoms with Gasteiger partial charge in [-0.3, -0.25) is 15.1 Å². The van der Waals surface area contributed by atoms with Gasteiger partial charge in [0, 0.05) is 6.20 Å². The molecule has 2 rings (SSSR count). The van der Waals surface area contributed by atoms with Crippen LogP contribution in [-0.2, 0) is 8.85 Å². The van der Waals surface area contributed by atoms with Crippen LogP contribution in [0.25, 0.3) is 5.57 Å². The zero-order valence-corrected chi connectivity index (χ0v) is 23.8. The average molecular weight is 479 g/mol. The summed E-state index contributed by atoms with van der Waals surface area (Å²) >= 11 is 0. The van der Waals surface area contributed by atoms with Gasteiger partial charge in [0.15, 0.2) is 16.6 Å². The van der Waals surface area contributed by atoms with Crippen molar-refractivity contribution in [3.8, 4) is 0 Å². The largest absolute Gasteiger partial charge is 0.411 e. The standard InChI is InChI=1S/C24H42N2O4Si2/c1-17-14-18(19-12-13-25-16-20(19)26(27)28)15-21(29-31(8,9)23(2,3)4)22(17)30-32(10,11)24(5,6)7/h12-13,15-17,21-22H,14H2,1-11H3/t17-,21+,22+/m0/s1. The van der Waals surface area contributed by atoms with E-state index in [9.17, 15) is 10.1 Å². The third-order valence-corrected chi connectivity index (χ3v) is 16.6. The van der Waals surface area contributed by atoms with Crippen LogP contribution < -0.4 is 0 Å². The first-order valence-corrected chi connectivity index (χ1v) is 17.3. The van der Waals surface area contributed by atoms with Crippen molar-refractivity contribution in [2.24, 2.45) is 5.92 Å². The Kier molecular flexibility index (Phi) is 7.66. The number of hydrogen-bond donors (Lipinski definition) is 0. The van der Waals surface area contributed by atoms with Gasteiger partial charge >= 0.3 is 0 Å². The Hall–Kier alpha value is -1.36. The number of hydrogen-bond acceptors (Lipinski definition) is 5. The van der Waals surface area contributed by atoms with Crippen molar-refractivity contribution in [2.75, 3.05) is 0 Å². The van der Waals surface area contributed by atoms with Crippen molar-refractivity contribution < 1.29 is 13.8 Å². The fourth-order valence-electron chi connectivity index (χ4n) is 3.47. The Balaban J connectivity index is 2.56. The molecule has 0 bridgehead atoms. The molecule has 0 spiro atoms. The molecule has 1 aliphatic carbocycles. The molecule has 0 fully saturated rings. The number of allylic oxidation sites excluding steroid dienone is 1. The molecule has 1 aromatic rings. The lowest BCUT2D eigenvalue weighted by Crippen LogP contribution is -2.54. The number of aromatic nitrogens is 1. The maximum atomic E-state index is 11.6. The summed E-state index contributed by atoms with van der Waals surface area (Å²) in [5, 5.41) is 11.8. The topological polar surface area (TPSA) is 74.5 Å². The number of nitro groups is 1. The van der Waals surface area contributed by atoms with Gasteiger partial charge in [-0.1, -0.05) is 54.5 Å². The van der Waals surface area contributed by atoms with Crippen molar-refractivity contribution in [2.45, 2.75) is 103 Å². The molecule has 1 aliphatic rings. The highest BCUT2D eigenvalue weighted by Gasteiger charge is 2.47. The van der Waals surface area contributed by atoms with E-state index in [2.05, 4.69) is 85.7 Å². The smallest absolute Gasteiger partial charge is 0.294 e. The lowest BCUT2D eigenvalue weighted by atomic mass is 9.83. The molecule has 1 aromatic heterocycles. The second-order valence-corrected chi connectivity index (χ2v) is 21.7. The number of rotatable bonds is 6. The van der Waals surface area contributed by atoms with Gasteiger partial charge in [-0.25, -0.2) is 0 Å². The van der Waals surface area contributed by atoms with Crippen molar-refractivity contribution in [3.63, 3.8) is 0 Å². The van der Waals surface area contributed by atoms with Crippen LogP contribution in [0.15, 0.2) is 24.5 Å². The third-order valence-electron chi connectivity index (χ3n) is 7.61. The molecule has 0 radical (unpaired) electrons. The molecular weight excluding hydrogens is 436 g/mol. The summed E-state index contributed by atoms with van der Waals surface area (Å²) in [6.07, 6.45) is 5.45. The third kappa shape index (κ3) is 5.76. The number of nitrogens with zero attached hydrogens (tertiary/aromatic N) is 2. The Morgan fingerprint density at radius 2 is 1.56 bits per heavy atom. The van der Waals surface area contributed by atoms with E-state index in [0.29, 0.717) is 12.0 Å². The summed E-state index contributed by atoms with van der Waals surface area (Å²) < 4.78 is 13.8. The molecule has 0 amide bonds. The van der Waals surface area contributed by atoms with E-state index in [0.717, 1.165) is 5.57 Å². The summed E-state index contributed by atoms with van der Waals surface area (Å²) in [6.45, 7) is 24.7. The zero-order valence-electron chi connectivity index (χ0n) is 21.8. The highest BCUT2D eigenvalue weighted by Crippen LogP contribution is 2.45. The second-order valence-electron chi connectivity index (χ2n) is 12.2. The van der Waals surface area contributed by atoms with Gasteiger partial charge in [0.25, 0.3) is 5.69 Å². The van der Waals surface area contributed by atoms with Crippen LogP contribution in [0.4, 0.5) is 5.69 Å². The van der Waals surface area contributed by atoms with Gasteiger partial charge in [0.05, 0.1) is 22.7 Å².